The van der Waals surface area contributed by atoms with Gasteiger partial charge in [-0.3, -0.25) is 9.69 Å². The third kappa shape index (κ3) is 4.04. The zero-order valence-corrected chi connectivity index (χ0v) is 12.3. The van der Waals surface area contributed by atoms with Crippen molar-refractivity contribution in [3.63, 3.8) is 0 Å². The average Bonchev–Trinajstić information content (AvgIpc) is 2.85. The molecule has 1 aliphatic heterocycles. The van der Waals surface area contributed by atoms with Gasteiger partial charge >= 0.3 is 12.1 Å². The van der Waals surface area contributed by atoms with Gasteiger partial charge < -0.3 is 9.84 Å². The Hall–Kier alpha value is -1.47. The summed E-state index contributed by atoms with van der Waals surface area (Å²) < 4.78 is 44.0. The molecule has 0 unspecified atom stereocenters. The first-order valence-corrected chi connectivity index (χ1v) is 7.06. The molecular weight excluding hydrogens is 323 g/mol. The summed E-state index contributed by atoms with van der Waals surface area (Å²) >= 11 is 5.90. The summed E-state index contributed by atoms with van der Waals surface area (Å²) in [6.07, 6.45) is -4.51. The number of rotatable bonds is 5. The van der Waals surface area contributed by atoms with Crippen molar-refractivity contribution in [2.24, 2.45) is 11.8 Å². The Kier molecular flexibility index (Phi) is 5.18. The minimum Gasteiger partial charge on any atom is -0.491 e. The van der Waals surface area contributed by atoms with E-state index in [1.54, 1.807) is 24.3 Å². The molecule has 1 fully saturated rings. The summed E-state index contributed by atoms with van der Waals surface area (Å²) in [5.74, 6) is -4.24. The zero-order valence-electron chi connectivity index (χ0n) is 11.5. The monoisotopic (exact) mass is 337 g/mol. The number of likely N-dealkylation sites (tertiary alicyclic amines) is 1. The van der Waals surface area contributed by atoms with Crippen molar-refractivity contribution in [2.45, 2.75) is 6.18 Å². The number of carbonyl (C=O) groups is 1. The predicted octanol–water partition coefficient (Wildman–Crippen LogP) is 2.91. The first-order valence-electron chi connectivity index (χ1n) is 6.68. The normalized spacial score (nSPS) is 22.7. The van der Waals surface area contributed by atoms with E-state index in [0.717, 1.165) is 0 Å². The number of nitrogens with zero attached hydrogens (tertiary/aromatic N) is 1. The van der Waals surface area contributed by atoms with E-state index >= 15 is 0 Å². The Morgan fingerprint density at radius 2 is 2.05 bits per heavy atom. The van der Waals surface area contributed by atoms with Crippen LogP contribution in [0, 0.1) is 11.8 Å². The van der Waals surface area contributed by atoms with E-state index in [9.17, 15) is 18.0 Å². The van der Waals surface area contributed by atoms with E-state index < -0.39 is 24.0 Å². The lowest BCUT2D eigenvalue weighted by molar-refractivity contribution is -0.188. The van der Waals surface area contributed by atoms with Crippen LogP contribution in [0.1, 0.15) is 0 Å². The highest BCUT2D eigenvalue weighted by Crippen LogP contribution is 2.37. The molecule has 0 aliphatic carbocycles. The number of hydrogen-bond acceptors (Lipinski definition) is 3. The molecule has 1 aliphatic rings. The van der Waals surface area contributed by atoms with Crippen LogP contribution in [-0.2, 0) is 4.79 Å². The molecule has 0 radical (unpaired) electrons. The van der Waals surface area contributed by atoms with Gasteiger partial charge in [-0.25, -0.2) is 0 Å². The van der Waals surface area contributed by atoms with Gasteiger partial charge in [0.15, 0.2) is 0 Å². The Morgan fingerprint density at radius 1 is 1.36 bits per heavy atom. The Labute approximate surface area is 130 Å². The summed E-state index contributed by atoms with van der Waals surface area (Å²) in [5.41, 5.74) is 0. The second kappa shape index (κ2) is 6.75. The van der Waals surface area contributed by atoms with Crippen molar-refractivity contribution >= 4 is 17.6 Å². The van der Waals surface area contributed by atoms with E-state index in [1.165, 1.54) is 4.90 Å². The number of aliphatic carboxylic acids is 1. The van der Waals surface area contributed by atoms with Gasteiger partial charge in [-0.1, -0.05) is 23.7 Å². The molecule has 2 atom stereocenters. The molecule has 4 nitrogen and oxygen atoms in total. The molecule has 1 N–H and O–H groups in total. The third-order valence-electron chi connectivity index (χ3n) is 3.63. The average molecular weight is 338 g/mol. The SMILES string of the molecule is O=C(O)[C@@H]1CN(CCOc2ccccc2Cl)C[C@H]1C(F)(F)F. The number of hydrogen-bond donors (Lipinski definition) is 1. The van der Waals surface area contributed by atoms with Crippen LogP contribution in [0.5, 0.6) is 5.75 Å². The molecule has 0 bridgehead atoms. The summed E-state index contributed by atoms with van der Waals surface area (Å²) in [4.78, 5) is 12.4. The molecule has 0 amide bonds. The van der Waals surface area contributed by atoms with E-state index in [-0.39, 0.29) is 26.2 Å². The lowest BCUT2D eigenvalue weighted by Gasteiger charge is -2.18. The maximum Gasteiger partial charge on any atom is 0.393 e. The number of benzene rings is 1. The molecule has 0 aromatic heterocycles. The van der Waals surface area contributed by atoms with Gasteiger partial charge in [-0.05, 0) is 12.1 Å². The van der Waals surface area contributed by atoms with Crippen LogP contribution >= 0.6 is 11.6 Å². The molecule has 0 saturated carbocycles. The van der Waals surface area contributed by atoms with Crippen LogP contribution < -0.4 is 4.74 Å². The molecule has 0 spiro atoms. The predicted molar refractivity (Wildman–Crippen MR) is 74.1 cm³/mol. The van der Waals surface area contributed by atoms with Crippen LogP contribution in [0.3, 0.4) is 0 Å². The molecule has 22 heavy (non-hydrogen) atoms. The van der Waals surface area contributed by atoms with Gasteiger partial charge in [-0.2, -0.15) is 13.2 Å². The fourth-order valence-corrected chi connectivity index (χ4v) is 2.69. The molecule has 1 saturated heterocycles. The highest BCUT2D eigenvalue weighted by Gasteiger charge is 2.52. The fourth-order valence-electron chi connectivity index (χ4n) is 2.50. The maximum atomic E-state index is 12.8. The number of alkyl halides is 3. The number of carboxylic acid groups (broad SMARTS) is 1. The largest absolute Gasteiger partial charge is 0.491 e. The van der Waals surface area contributed by atoms with Gasteiger partial charge in [0.1, 0.15) is 12.4 Å². The van der Waals surface area contributed by atoms with Crippen LogP contribution in [0.25, 0.3) is 0 Å². The number of ether oxygens (including phenoxy) is 1. The summed E-state index contributed by atoms with van der Waals surface area (Å²) in [6.45, 7) is -0.111. The van der Waals surface area contributed by atoms with Crippen molar-refractivity contribution < 1.29 is 27.8 Å². The van der Waals surface area contributed by atoms with E-state index in [4.69, 9.17) is 21.4 Å². The van der Waals surface area contributed by atoms with Crippen LogP contribution in [0.2, 0.25) is 5.02 Å². The van der Waals surface area contributed by atoms with Gasteiger partial charge in [0.25, 0.3) is 0 Å². The smallest absolute Gasteiger partial charge is 0.393 e. The molecular formula is C14H15ClF3NO3. The van der Waals surface area contributed by atoms with Crippen LogP contribution in [0.4, 0.5) is 13.2 Å². The number of carboxylic acids is 1. The van der Waals surface area contributed by atoms with Crippen molar-refractivity contribution in [2.75, 3.05) is 26.2 Å². The van der Waals surface area contributed by atoms with Crippen molar-refractivity contribution in [3.8, 4) is 5.75 Å². The van der Waals surface area contributed by atoms with Crippen LogP contribution in [-0.4, -0.2) is 48.4 Å². The summed E-state index contributed by atoms with van der Waals surface area (Å²) in [5, 5.41) is 9.35. The fraction of sp³-hybridized carbons (Fsp3) is 0.500. The van der Waals surface area contributed by atoms with Crippen molar-refractivity contribution in [3.05, 3.63) is 29.3 Å². The quantitative estimate of drug-likeness (QED) is 0.897. The maximum absolute atomic E-state index is 12.8. The zero-order chi connectivity index (χ0) is 16.3. The second-order valence-electron chi connectivity index (χ2n) is 5.13. The minimum absolute atomic E-state index is 0.134. The summed E-state index contributed by atoms with van der Waals surface area (Å²) in [6, 6.07) is 6.77. The standard InChI is InChI=1S/C14H15ClF3NO3/c15-11-3-1-2-4-12(11)22-6-5-19-7-9(13(20)21)10(8-19)14(16,17)18/h1-4,9-10H,5-8H2,(H,20,21)/t9-,10-/m1/s1. The molecule has 8 heteroatoms. The van der Waals surface area contributed by atoms with Gasteiger partial charge in [0, 0.05) is 19.6 Å². The molecule has 1 aromatic rings. The second-order valence-corrected chi connectivity index (χ2v) is 5.54. The Morgan fingerprint density at radius 3 is 2.59 bits per heavy atom. The van der Waals surface area contributed by atoms with Crippen molar-refractivity contribution in [1.82, 2.24) is 4.90 Å². The number of para-hydroxylation sites is 1. The topological polar surface area (TPSA) is 49.8 Å². The number of halogens is 4. The highest BCUT2D eigenvalue weighted by atomic mass is 35.5. The highest BCUT2D eigenvalue weighted by molar-refractivity contribution is 6.32. The lowest BCUT2D eigenvalue weighted by Crippen LogP contribution is -2.33. The minimum atomic E-state index is -4.51. The molecule has 1 aromatic carbocycles. The Balaban J connectivity index is 1.89. The van der Waals surface area contributed by atoms with Gasteiger partial charge in [0.05, 0.1) is 16.9 Å². The van der Waals surface area contributed by atoms with E-state index in [0.29, 0.717) is 10.8 Å². The van der Waals surface area contributed by atoms with E-state index in [1.807, 2.05) is 0 Å². The molecule has 122 valence electrons. The van der Waals surface area contributed by atoms with Gasteiger partial charge in [-0.15, -0.1) is 0 Å². The summed E-state index contributed by atoms with van der Waals surface area (Å²) in [7, 11) is 0. The molecule has 1 heterocycles. The molecule has 2 rings (SSSR count). The van der Waals surface area contributed by atoms with E-state index in [2.05, 4.69) is 0 Å². The first-order chi connectivity index (χ1) is 10.3. The Bertz CT molecular complexity index is 538. The lowest BCUT2D eigenvalue weighted by atomic mass is 9.96. The third-order valence-corrected chi connectivity index (χ3v) is 3.95. The first kappa shape index (κ1) is 16.9. The van der Waals surface area contributed by atoms with Crippen molar-refractivity contribution in [1.29, 1.82) is 0 Å². The van der Waals surface area contributed by atoms with Gasteiger partial charge in [0.2, 0.25) is 0 Å². The van der Waals surface area contributed by atoms with Crippen LogP contribution in [0.15, 0.2) is 24.3 Å².